The first-order chi connectivity index (χ1) is 11.4. The fourth-order valence-corrected chi connectivity index (χ4v) is 5.45. The third kappa shape index (κ3) is 2.69. The molecule has 1 aliphatic rings. The number of hydrogen-bond acceptors (Lipinski definition) is 5. The lowest BCUT2D eigenvalue weighted by molar-refractivity contribution is 0.313. The molecule has 126 valence electrons. The standard InChI is InChI=1S/C15H15ClN4O2S2/c1-19-5-4-10-8-12(3-2-11(10)9-19)18-24(21,22)14-13(16)17-15-20(14)6-7-23-15/h2-3,6-8,18H,4-5,9H2,1H3. The third-order valence-corrected chi connectivity index (χ3v) is 6.63. The van der Waals surface area contributed by atoms with E-state index in [2.05, 4.69) is 21.7 Å². The Labute approximate surface area is 148 Å². The van der Waals surface area contributed by atoms with Gasteiger partial charge in [0.1, 0.15) is 0 Å². The molecule has 0 spiro atoms. The van der Waals surface area contributed by atoms with Gasteiger partial charge in [-0.15, -0.1) is 11.3 Å². The van der Waals surface area contributed by atoms with E-state index in [1.807, 2.05) is 12.1 Å². The van der Waals surface area contributed by atoms with Gasteiger partial charge in [-0.1, -0.05) is 17.7 Å². The van der Waals surface area contributed by atoms with E-state index in [-0.39, 0.29) is 10.2 Å². The van der Waals surface area contributed by atoms with E-state index in [1.54, 1.807) is 17.6 Å². The Bertz CT molecular complexity index is 1030. The maximum Gasteiger partial charge on any atom is 0.281 e. The lowest BCUT2D eigenvalue weighted by Gasteiger charge is -2.25. The minimum Gasteiger partial charge on any atom is -0.302 e. The molecule has 6 nitrogen and oxygen atoms in total. The van der Waals surface area contributed by atoms with Gasteiger partial charge < -0.3 is 4.90 Å². The number of sulfonamides is 1. The number of likely N-dealkylation sites (N-methyl/N-ethyl adjacent to an activating group) is 1. The number of halogens is 1. The fourth-order valence-electron chi connectivity index (χ4n) is 2.94. The highest BCUT2D eigenvalue weighted by atomic mass is 35.5. The molecule has 1 aromatic carbocycles. The second kappa shape index (κ2) is 5.73. The fraction of sp³-hybridized carbons (Fsp3) is 0.267. The van der Waals surface area contributed by atoms with Gasteiger partial charge in [0, 0.05) is 30.4 Å². The number of hydrogen-bond donors (Lipinski definition) is 1. The van der Waals surface area contributed by atoms with Crippen molar-refractivity contribution in [2.75, 3.05) is 18.3 Å². The first kappa shape index (κ1) is 15.9. The van der Waals surface area contributed by atoms with E-state index in [9.17, 15) is 8.42 Å². The molecule has 1 aliphatic heterocycles. The highest BCUT2D eigenvalue weighted by Gasteiger charge is 2.25. The Kier molecular flexibility index (Phi) is 3.80. The van der Waals surface area contributed by atoms with Crippen LogP contribution in [0.3, 0.4) is 0 Å². The van der Waals surface area contributed by atoms with E-state index in [0.29, 0.717) is 10.6 Å². The Balaban J connectivity index is 1.70. The average Bonchev–Trinajstić information content (AvgIpc) is 3.06. The summed E-state index contributed by atoms with van der Waals surface area (Å²) < 4.78 is 29.6. The van der Waals surface area contributed by atoms with Gasteiger partial charge in [-0.05, 0) is 36.7 Å². The number of aromatic nitrogens is 2. The quantitative estimate of drug-likeness (QED) is 0.756. The van der Waals surface area contributed by atoms with Crippen LogP contribution in [0.4, 0.5) is 5.69 Å². The number of thiazole rings is 1. The van der Waals surface area contributed by atoms with Crippen LogP contribution in [-0.4, -0.2) is 36.3 Å². The van der Waals surface area contributed by atoms with Crippen molar-refractivity contribution in [3.63, 3.8) is 0 Å². The Morgan fingerprint density at radius 1 is 1.33 bits per heavy atom. The molecule has 3 aromatic rings. The second-order valence-electron chi connectivity index (χ2n) is 5.84. The van der Waals surface area contributed by atoms with E-state index < -0.39 is 10.0 Å². The second-order valence-corrected chi connectivity index (χ2v) is 8.67. The number of imidazole rings is 1. The summed E-state index contributed by atoms with van der Waals surface area (Å²) in [6.45, 7) is 1.85. The van der Waals surface area contributed by atoms with Gasteiger partial charge >= 0.3 is 0 Å². The lowest BCUT2D eigenvalue weighted by Crippen LogP contribution is -2.26. The zero-order chi connectivity index (χ0) is 16.9. The molecule has 0 unspecified atom stereocenters. The zero-order valence-corrected chi connectivity index (χ0v) is 15.2. The van der Waals surface area contributed by atoms with Crippen molar-refractivity contribution in [1.29, 1.82) is 0 Å². The van der Waals surface area contributed by atoms with Crippen LogP contribution in [0.15, 0.2) is 34.8 Å². The maximum absolute atomic E-state index is 12.8. The molecule has 4 rings (SSSR count). The number of rotatable bonds is 3. The topological polar surface area (TPSA) is 66.7 Å². The number of anilines is 1. The molecule has 3 heterocycles. The van der Waals surface area contributed by atoms with Gasteiger partial charge in [0.2, 0.25) is 0 Å². The molecule has 0 aliphatic carbocycles. The van der Waals surface area contributed by atoms with Gasteiger partial charge in [-0.3, -0.25) is 9.12 Å². The van der Waals surface area contributed by atoms with Crippen LogP contribution >= 0.6 is 22.9 Å². The molecule has 0 atom stereocenters. The molecule has 0 bridgehead atoms. The van der Waals surface area contributed by atoms with E-state index in [0.717, 1.165) is 19.5 Å². The summed E-state index contributed by atoms with van der Waals surface area (Å²) in [7, 11) is -1.74. The molecule has 0 saturated heterocycles. The molecule has 2 aromatic heterocycles. The van der Waals surface area contributed by atoms with Crippen LogP contribution in [0.2, 0.25) is 5.15 Å². The minimum absolute atomic E-state index is 0.0195. The van der Waals surface area contributed by atoms with Crippen LogP contribution < -0.4 is 4.72 Å². The predicted molar refractivity (Wildman–Crippen MR) is 95.4 cm³/mol. The van der Waals surface area contributed by atoms with Gasteiger partial charge in [-0.25, -0.2) is 4.98 Å². The number of nitrogens with one attached hydrogen (secondary N) is 1. The Hall–Kier alpha value is -1.61. The summed E-state index contributed by atoms with van der Waals surface area (Å²) in [5.74, 6) is 0. The predicted octanol–water partition coefficient (Wildman–Crippen LogP) is 2.84. The van der Waals surface area contributed by atoms with E-state index in [4.69, 9.17) is 11.6 Å². The normalized spacial score (nSPS) is 15.6. The zero-order valence-electron chi connectivity index (χ0n) is 12.9. The number of benzene rings is 1. The van der Waals surface area contributed by atoms with Crippen molar-refractivity contribution in [2.45, 2.75) is 18.0 Å². The monoisotopic (exact) mass is 382 g/mol. The SMILES string of the molecule is CN1CCc2cc(NS(=O)(=O)c3c(Cl)nc4sccn34)ccc2C1. The number of fused-ring (bicyclic) bond motifs is 2. The van der Waals surface area contributed by atoms with Crippen molar-refractivity contribution >= 4 is 43.6 Å². The molecule has 1 N–H and O–H groups in total. The summed E-state index contributed by atoms with van der Waals surface area (Å²) in [5, 5.41) is 1.72. The summed E-state index contributed by atoms with van der Waals surface area (Å²) in [6.07, 6.45) is 2.56. The van der Waals surface area contributed by atoms with Crippen LogP contribution in [0, 0.1) is 0 Å². The van der Waals surface area contributed by atoms with Gasteiger partial charge in [0.15, 0.2) is 15.1 Å². The van der Waals surface area contributed by atoms with Gasteiger partial charge in [0.05, 0.1) is 0 Å². The smallest absolute Gasteiger partial charge is 0.281 e. The molecule has 0 radical (unpaired) electrons. The molecular formula is C15H15ClN4O2S2. The van der Waals surface area contributed by atoms with Crippen molar-refractivity contribution < 1.29 is 8.42 Å². The molecule has 24 heavy (non-hydrogen) atoms. The summed E-state index contributed by atoms with van der Waals surface area (Å²) in [5.41, 5.74) is 2.95. The van der Waals surface area contributed by atoms with Crippen molar-refractivity contribution in [3.05, 3.63) is 46.1 Å². The van der Waals surface area contributed by atoms with Crippen LogP contribution in [0.25, 0.3) is 4.96 Å². The highest BCUT2D eigenvalue weighted by Crippen LogP contribution is 2.28. The first-order valence-corrected chi connectivity index (χ1v) is 10.1. The van der Waals surface area contributed by atoms with Crippen molar-refractivity contribution in [1.82, 2.24) is 14.3 Å². The highest BCUT2D eigenvalue weighted by molar-refractivity contribution is 7.92. The maximum atomic E-state index is 12.8. The lowest BCUT2D eigenvalue weighted by atomic mass is 10.00. The summed E-state index contributed by atoms with van der Waals surface area (Å²) >= 11 is 7.38. The first-order valence-electron chi connectivity index (χ1n) is 7.38. The molecule has 0 saturated carbocycles. The van der Waals surface area contributed by atoms with Crippen molar-refractivity contribution in [2.24, 2.45) is 0 Å². The summed E-state index contributed by atoms with van der Waals surface area (Å²) in [4.78, 5) is 6.87. The van der Waals surface area contributed by atoms with Gasteiger partial charge in [0.25, 0.3) is 10.0 Å². The molecular weight excluding hydrogens is 368 g/mol. The Morgan fingerprint density at radius 2 is 2.17 bits per heavy atom. The Morgan fingerprint density at radius 3 is 3.00 bits per heavy atom. The average molecular weight is 383 g/mol. The third-order valence-electron chi connectivity index (χ3n) is 4.09. The molecule has 0 amide bonds. The largest absolute Gasteiger partial charge is 0.302 e. The van der Waals surface area contributed by atoms with E-state index >= 15 is 0 Å². The van der Waals surface area contributed by atoms with Crippen molar-refractivity contribution in [3.8, 4) is 0 Å². The minimum atomic E-state index is -3.82. The van der Waals surface area contributed by atoms with Crippen LogP contribution in [-0.2, 0) is 23.0 Å². The molecule has 9 heteroatoms. The molecule has 0 fully saturated rings. The number of nitrogens with zero attached hydrogens (tertiary/aromatic N) is 3. The van der Waals surface area contributed by atoms with E-state index in [1.165, 1.54) is 26.9 Å². The van der Waals surface area contributed by atoms with Crippen LogP contribution in [0.1, 0.15) is 11.1 Å². The summed E-state index contributed by atoms with van der Waals surface area (Å²) in [6, 6.07) is 5.66. The van der Waals surface area contributed by atoms with Crippen LogP contribution in [0.5, 0.6) is 0 Å². The van der Waals surface area contributed by atoms with Gasteiger partial charge in [-0.2, -0.15) is 8.42 Å².